The van der Waals surface area contributed by atoms with Crippen LogP contribution < -0.4 is 19.3 Å². The Morgan fingerprint density at radius 2 is 1.73 bits per heavy atom. The standard InChI is InChI=1S/C42H45N5O7Si/c1-27-40(55(3,4)51)38(20-21-45-24-34(43-44-45)32(25-48)29-10-6-5-7-11-29)54-42(27)33-22-31(52-2)18-19-35(33)46(41(42)50)23-28-14-16-30(17-15-28)47-36-12-8-9-13-37(36)53-26-39(47)49/h5-19,22,24,27,32,38,40,48,51H,20-21,23,25-26H2,1-4H3/t27-,32?,38+,40-,42+/m0/s1. The van der Waals surface area contributed by atoms with Crippen LogP contribution in [0, 0.1) is 5.92 Å². The number of aliphatic hydroxyl groups is 1. The molecular weight excluding hydrogens is 715 g/mol. The maximum Gasteiger partial charge on any atom is 0.269 e. The Morgan fingerprint density at radius 1 is 0.982 bits per heavy atom. The van der Waals surface area contributed by atoms with E-state index in [1.54, 1.807) is 21.6 Å². The molecule has 4 aromatic carbocycles. The molecular formula is C42H45N5O7Si. The number of aliphatic hydroxyl groups excluding tert-OH is 1. The van der Waals surface area contributed by atoms with E-state index in [1.807, 2.05) is 123 Å². The highest BCUT2D eigenvalue weighted by atomic mass is 28.4. The lowest BCUT2D eigenvalue weighted by atomic mass is 9.82. The fourth-order valence-corrected chi connectivity index (χ4v) is 11.4. The molecule has 1 unspecified atom stereocenters. The molecule has 1 fully saturated rings. The molecule has 4 heterocycles. The minimum atomic E-state index is -2.91. The van der Waals surface area contributed by atoms with Gasteiger partial charge in [0.1, 0.15) is 11.5 Å². The van der Waals surface area contributed by atoms with Crippen LogP contribution in [0.5, 0.6) is 11.5 Å². The molecule has 0 radical (unpaired) electrons. The predicted octanol–water partition coefficient (Wildman–Crippen LogP) is 5.90. The summed E-state index contributed by atoms with van der Waals surface area (Å²) < 4.78 is 20.1. The maximum atomic E-state index is 15.0. The Kier molecular flexibility index (Phi) is 9.58. The lowest BCUT2D eigenvalue weighted by Crippen LogP contribution is -2.46. The van der Waals surface area contributed by atoms with Crippen molar-refractivity contribution in [1.82, 2.24) is 15.0 Å². The molecule has 13 heteroatoms. The highest BCUT2D eigenvalue weighted by Gasteiger charge is 2.66. The third kappa shape index (κ3) is 6.40. The summed E-state index contributed by atoms with van der Waals surface area (Å²) in [5.74, 6) is 0.241. The summed E-state index contributed by atoms with van der Waals surface area (Å²) in [7, 11) is -1.31. The topological polar surface area (TPSA) is 139 Å². The van der Waals surface area contributed by atoms with Crippen molar-refractivity contribution in [2.75, 3.05) is 30.1 Å². The maximum absolute atomic E-state index is 15.0. The van der Waals surface area contributed by atoms with Crippen LogP contribution in [0.1, 0.15) is 41.6 Å². The van der Waals surface area contributed by atoms with Gasteiger partial charge >= 0.3 is 0 Å². The summed E-state index contributed by atoms with van der Waals surface area (Å²) in [6.45, 7) is 6.40. The van der Waals surface area contributed by atoms with Crippen LogP contribution in [0.2, 0.25) is 18.6 Å². The summed E-state index contributed by atoms with van der Waals surface area (Å²) in [6, 6.07) is 30.4. The minimum Gasteiger partial charge on any atom is -0.497 e. The molecule has 12 nitrogen and oxygen atoms in total. The van der Waals surface area contributed by atoms with Gasteiger partial charge in [-0.15, -0.1) is 5.10 Å². The van der Waals surface area contributed by atoms with Gasteiger partial charge in [0.2, 0.25) is 0 Å². The van der Waals surface area contributed by atoms with Crippen LogP contribution in [0.15, 0.2) is 103 Å². The van der Waals surface area contributed by atoms with Gasteiger partial charge in [-0.2, -0.15) is 0 Å². The van der Waals surface area contributed by atoms with Gasteiger partial charge in [-0.3, -0.25) is 19.2 Å². The molecule has 284 valence electrons. The molecule has 55 heavy (non-hydrogen) atoms. The van der Waals surface area contributed by atoms with Gasteiger partial charge in [-0.1, -0.05) is 66.7 Å². The number of rotatable bonds is 11. The fourth-order valence-electron chi connectivity index (χ4n) is 8.83. The number of aromatic nitrogens is 3. The summed E-state index contributed by atoms with van der Waals surface area (Å²) in [4.78, 5) is 43.2. The molecule has 8 rings (SSSR count). The van der Waals surface area contributed by atoms with E-state index in [1.165, 1.54) is 0 Å². The smallest absolute Gasteiger partial charge is 0.269 e. The average Bonchev–Trinajstić information content (AvgIpc) is 3.85. The van der Waals surface area contributed by atoms with Crippen molar-refractivity contribution in [2.24, 2.45) is 5.92 Å². The first-order valence-electron chi connectivity index (χ1n) is 18.6. The molecule has 3 aliphatic rings. The van der Waals surface area contributed by atoms with Crippen LogP contribution in [0.25, 0.3) is 0 Å². The number of carbonyl (C=O) groups excluding carboxylic acids is 2. The van der Waals surface area contributed by atoms with E-state index in [-0.39, 0.29) is 48.9 Å². The Hall–Kier alpha value is -5.34. The number of ether oxygens (including phenoxy) is 3. The number of hydrogen-bond acceptors (Lipinski definition) is 9. The molecule has 5 aromatic rings. The summed E-state index contributed by atoms with van der Waals surface area (Å²) in [6.07, 6.45) is 1.89. The van der Waals surface area contributed by atoms with E-state index in [9.17, 15) is 14.7 Å². The molecule has 2 N–H and O–H groups in total. The van der Waals surface area contributed by atoms with Gasteiger partial charge in [0.15, 0.2) is 20.5 Å². The zero-order valence-electron chi connectivity index (χ0n) is 31.3. The van der Waals surface area contributed by atoms with Crippen molar-refractivity contribution < 1.29 is 33.7 Å². The second kappa shape index (κ2) is 14.4. The lowest BCUT2D eigenvalue weighted by Gasteiger charge is -2.32. The van der Waals surface area contributed by atoms with Crippen LogP contribution in [0.4, 0.5) is 17.1 Å². The number of amides is 2. The van der Waals surface area contributed by atoms with Crippen LogP contribution in [0.3, 0.4) is 0 Å². The van der Waals surface area contributed by atoms with E-state index in [0.717, 1.165) is 22.4 Å². The van der Waals surface area contributed by atoms with Gasteiger partial charge in [0, 0.05) is 35.5 Å². The molecule has 0 aliphatic carbocycles. The number of aryl methyl sites for hydroxylation is 1. The molecule has 0 bridgehead atoms. The number of benzene rings is 4. The number of carbonyl (C=O) groups is 2. The first kappa shape index (κ1) is 36.6. The zero-order valence-corrected chi connectivity index (χ0v) is 32.3. The molecule has 2 amide bonds. The largest absolute Gasteiger partial charge is 0.497 e. The predicted molar refractivity (Wildman–Crippen MR) is 209 cm³/mol. The minimum absolute atomic E-state index is 0.0463. The number of hydrogen-bond donors (Lipinski definition) is 2. The van der Waals surface area contributed by atoms with Crippen molar-refractivity contribution in [3.8, 4) is 11.5 Å². The Morgan fingerprint density at radius 3 is 2.45 bits per heavy atom. The Labute approximate surface area is 321 Å². The average molecular weight is 760 g/mol. The first-order valence-corrected chi connectivity index (χ1v) is 21.7. The molecule has 5 atom stereocenters. The highest BCUT2D eigenvalue weighted by molar-refractivity contribution is 6.71. The van der Waals surface area contributed by atoms with E-state index < -0.39 is 20.0 Å². The van der Waals surface area contributed by atoms with Crippen LogP contribution in [-0.2, 0) is 33.0 Å². The number of anilines is 3. The van der Waals surface area contributed by atoms with Gasteiger partial charge < -0.3 is 29.0 Å². The van der Waals surface area contributed by atoms with E-state index in [0.29, 0.717) is 41.5 Å². The summed E-state index contributed by atoms with van der Waals surface area (Å²) in [5.41, 5.74) is 3.71. The fraction of sp³-hybridized carbons (Fsp3) is 0.333. The van der Waals surface area contributed by atoms with Gasteiger partial charge in [-0.25, -0.2) is 0 Å². The molecule has 1 saturated heterocycles. The molecule has 1 aromatic heterocycles. The number of nitrogens with zero attached hydrogens (tertiary/aromatic N) is 5. The Bertz CT molecular complexity index is 2210. The summed E-state index contributed by atoms with van der Waals surface area (Å²) >= 11 is 0. The van der Waals surface area contributed by atoms with Crippen molar-refractivity contribution in [1.29, 1.82) is 0 Å². The van der Waals surface area contributed by atoms with Gasteiger partial charge in [0.05, 0.1) is 49.4 Å². The van der Waals surface area contributed by atoms with Gasteiger partial charge in [0.25, 0.3) is 11.8 Å². The zero-order chi connectivity index (χ0) is 38.5. The second-order valence-electron chi connectivity index (χ2n) is 15.1. The first-order chi connectivity index (χ1) is 26.5. The number of para-hydroxylation sites is 2. The second-order valence-corrected chi connectivity index (χ2v) is 19.1. The van der Waals surface area contributed by atoms with Crippen molar-refractivity contribution in [3.05, 3.63) is 126 Å². The monoisotopic (exact) mass is 759 g/mol. The van der Waals surface area contributed by atoms with E-state index >= 15 is 4.79 Å². The van der Waals surface area contributed by atoms with Crippen molar-refractivity contribution in [3.63, 3.8) is 0 Å². The van der Waals surface area contributed by atoms with Gasteiger partial charge in [-0.05, 0) is 73.1 Å². The van der Waals surface area contributed by atoms with E-state index in [2.05, 4.69) is 10.3 Å². The molecule has 0 saturated carbocycles. The highest BCUT2D eigenvalue weighted by Crippen LogP contribution is 2.60. The third-order valence-electron chi connectivity index (χ3n) is 11.4. The van der Waals surface area contributed by atoms with Crippen molar-refractivity contribution >= 4 is 37.2 Å². The lowest BCUT2D eigenvalue weighted by molar-refractivity contribution is -0.146. The number of fused-ring (bicyclic) bond motifs is 3. The molecule has 3 aliphatic heterocycles. The quantitative estimate of drug-likeness (QED) is 0.158. The summed E-state index contributed by atoms with van der Waals surface area (Å²) in [5, 5.41) is 19.0. The molecule has 1 spiro atoms. The van der Waals surface area contributed by atoms with Crippen LogP contribution in [-0.4, -0.2) is 71.5 Å². The normalized spacial score (nSPS) is 22.5. The number of methoxy groups -OCH3 is 1. The van der Waals surface area contributed by atoms with Crippen LogP contribution >= 0.6 is 0 Å². The third-order valence-corrected chi connectivity index (χ3v) is 13.9. The SMILES string of the molecule is COc1ccc2c(c1)[C@@]1(O[C@H](CCn3cc(C(CO)c4ccccc4)nn3)[C@@H]([Si](C)(C)O)[C@@H]1C)C(=O)N2Cc1ccc(N2C(=O)COc3ccccc32)cc1. The Balaban J connectivity index is 1.07. The van der Waals surface area contributed by atoms with Crippen molar-refractivity contribution in [2.45, 2.75) is 62.7 Å². The van der Waals surface area contributed by atoms with E-state index in [4.69, 9.17) is 14.2 Å².